The SMILES string of the molecule is Cc1ccc(NC(=O)COc2ccccc2C2C3=C(CCCC3=O)N(C)C3=C2C(=O)CCC3)cc1. The van der Waals surface area contributed by atoms with Crippen molar-refractivity contribution >= 4 is 23.2 Å². The van der Waals surface area contributed by atoms with E-state index in [-0.39, 0.29) is 24.1 Å². The van der Waals surface area contributed by atoms with Gasteiger partial charge in [-0.25, -0.2) is 0 Å². The summed E-state index contributed by atoms with van der Waals surface area (Å²) in [7, 11) is 1.98. The first-order valence-corrected chi connectivity index (χ1v) is 12.3. The van der Waals surface area contributed by atoms with Crippen LogP contribution in [0.25, 0.3) is 0 Å². The topological polar surface area (TPSA) is 75.7 Å². The maximum atomic E-state index is 13.2. The molecule has 35 heavy (non-hydrogen) atoms. The van der Waals surface area contributed by atoms with Gasteiger partial charge in [0.25, 0.3) is 5.91 Å². The van der Waals surface area contributed by atoms with Gasteiger partial charge in [-0.2, -0.15) is 0 Å². The Labute approximate surface area is 205 Å². The van der Waals surface area contributed by atoms with Crippen LogP contribution in [-0.2, 0) is 14.4 Å². The number of para-hydroxylation sites is 1. The van der Waals surface area contributed by atoms with Crippen LogP contribution in [0.5, 0.6) is 5.75 Å². The van der Waals surface area contributed by atoms with Crippen LogP contribution in [0.15, 0.2) is 71.1 Å². The molecule has 180 valence electrons. The fourth-order valence-electron chi connectivity index (χ4n) is 5.49. The lowest BCUT2D eigenvalue weighted by molar-refractivity contribution is -0.119. The number of nitrogens with one attached hydrogen (secondary N) is 1. The maximum absolute atomic E-state index is 13.2. The molecule has 6 nitrogen and oxygen atoms in total. The number of ketones is 2. The highest BCUT2D eigenvalue weighted by atomic mass is 16.5. The van der Waals surface area contributed by atoms with Gasteiger partial charge in [0.05, 0.1) is 0 Å². The van der Waals surface area contributed by atoms with E-state index in [0.717, 1.165) is 48.2 Å². The summed E-state index contributed by atoms with van der Waals surface area (Å²) in [6.07, 6.45) is 4.26. The molecule has 0 aromatic heterocycles. The molecule has 2 aromatic carbocycles. The lowest BCUT2D eigenvalue weighted by Crippen LogP contribution is -2.37. The van der Waals surface area contributed by atoms with Gasteiger partial charge in [-0.3, -0.25) is 14.4 Å². The van der Waals surface area contributed by atoms with E-state index in [1.54, 1.807) is 0 Å². The quantitative estimate of drug-likeness (QED) is 0.661. The molecule has 3 aliphatic rings. The molecule has 0 radical (unpaired) electrons. The fourth-order valence-corrected chi connectivity index (χ4v) is 5.49. The number of carbonyl (C=O) groups is 3. The summed E-state index contributed by atoms with van der Waals surface area (Å²) in [6.45, 7) is 1.82. The minimum absolute atomic E-state index is 0.0972. The van der Waals surface area contributed by atoms with Crippen LogP contribution in [-0.4, -0.2) is 36.0 Å². The second-order valence-electron chi connectivity index (χ2n) is 9.51. The molecule has 0 saturated heterocycles. The third-order valence-electron chi connectivity index (χ3n) is 7.17. The number of nitrogens with zero attached hydrogens (tertiary/aromatic N) is 1. The van der Waals surface area contributed by atoms with Gasteiger partial charge in [-0.1, -0.05) is 35.9 Å². The largest absolute Gasteiger partial charge is 0.483 e. The Bertz CT molecular complexity index is 1210. The molecule has 0 bridgehead atoms. The number of hydrogen-bond acceptors (Lipinski definition) is 5. The number of aryl methyl sites for hydroxylation is 1. The van der Waals surface area contributed by atoms with Gasteiger partial charge in [-0.15, -0.1) is 0 Å². The van der Waals surface area contributed by atoms with Crippen molar-refractivity contribution in [1.82, 2.24) is 4.90 Å². The van der Waals surface area contributed by atoms with Crippen molar-refractivity contribution in [1.29, 1.82) is 0 Å². The minimum Gasteiger partial charge on any atom is -0.483 e. The van der Waals surface area contributed by atoms with Crippen LogP contribution in [0, 0.1) is 6.92 Å². The zero-order valence-corrected chi connectivity index (χ0v) is 20.2. The highest BCUT2D eigenvalue weighted by Crippen LogP contribution is 2.50. The third kappa shape index (κ3) is 4.41. The predicted octanol–water partition coefficient (Wildman–Crippen LogP) is 5.06. The van der Waals surface area contributed by atoms with Crippen molar-refractivity contribution < 1.29 is 19.1 Å². The number of amides is 1. The van der Waals surface area contributed by atoms with Crippen molar-refractivity contribution in [2.24, 2.45) is 0 Å². The fraction of sp³-hybridized carbons (Fsp3) is 0.345. The average Bonchev–Trinajstić information content (AvgIpc) is 2.86. The van der Waals surface area contributed by atoms with E-state index < -0.39 is 5.92 Å². The van der Waals surface area contributed by atoms with E-state index >= 15 is 0 Å². The first-order valence-electron chi connectivity index (χ1n) is 12.3. The molecular weight excluding hydrogens is 440 g/mol. The number of rotatable bonds is 5. The molecule has 0 spiro atoms. The molecule has 5 rings (SSSR count). The van der Waals surface area contributed by atoms with Crippen LogP contribution in [0.4, 0.5) is 5.69 Å². The summed E-state index contributed by atoms with van der Waals surface area (Å²) in [5, 5.41) is 2.85. The first kappa shape index (κ1) is 23.1. The summed E-state index contributed by atoms with van der Waals surface area (Å²) in [5.41, 5.74) is 6.06. The van der Waals surface area contributed by atoms with Crippen LogP contribution >= 0.6 is 0 Å². The Hall–Kier alpha value is -3.67. The molecule has 1 aliphatic heterocycles. The lowest BCUT2D eigenvalue weighted by atomic mass is 9.71. The van der Waals surface area contributed by atoms with Crippen LogP contribution in [0.3, 0.4) is 0 Å². The molecule has 0 fully saturated rings. The van der Waals surface area contributed by atoms with E-state index in [9.17, 15) is 14.4 Å². The van der Waals surface area contributed by atoms with Gasteiger partial charge in [0.2, 0.25) is 0 Å². The lowest BCUT2D eigenvalue weighted by Gasteiger charge is -2.42. The van der Waals surface area contributed by atoms with Crippen molar-refractivity contribution in [2.75, 3.05) is 19.0 Å². The van der Waals surface area contributed by atoms with E-state index in [1.165, 1.54) is 0 Å². The standard InChI is InChI=1S/C29H30N2O4/c1-18-13-15-19(16-14-18)30-26(34)17-35-25-12-4-3-7-20(25)27-28-21(8-5-10-23(28)32)31(2)22-9-6-11-24(33)29(22)27/h3-4,7,12-16,27H,5-6,8-11,17H2,1-2H3,(H,30,34). The number of Topliss-reactive ketones (excluding diaryl/α,β-unsaturated/α-hetero) is 2. The van der Waals surface area contributed by atoms with Crippen molar-refractivity contribution in [3.8, 4) is 5.75 Å². The van der Waals surface area contributed by atoms with Crippen LogP contribution in [0.2, 0.25) is 0 Å². The van der Waals surface area contributed by atoms with Crippen molar-refractivity contribution in [3.63, 3.8) is 0 Å². The zero-order valence-electron chi connectivity index (χ0n) is 20.2. The summed E-state index contributed by atoms with van der Waals surface area (Å²) < 4.78 is 6.01. The molecule has 2 aromatic rings. The highest BCUT2D eigenvalue weighted by Gasteiger charge is 2.43. The van der Waals surface area contributed by atoms with Crippen LogP contribution < -0.4 is 10.1 Å². The number of hydrogen-bond donors (Lipinski definition) is 1. The van der Waals surface area contributed by atoms with E-state index in [1.807, 2.05) is 62.5 Å². The van der Waals surface area contributed by atoms with Crippen molar-refractivity contribution in [3.05, 3.63) is 82.2 Å². The molecule has 1 heterocycles. The summed E-state index contributed by atoms with van der Waals surface area (Å²) in [5.74, 6) is -0.000995. The molecule has 0 atom stereocenters. The minimum atomic E-state index is -0.451. The zero-order chi connectivity index (χ0) is 24.5. The molecule has 0 saturated carbocycles. The molecule has 0 unspecified atom stereocenters. The Morgan fingerprint density at radius 2 is 1.51 bits per heavy atom. The Balaban J connectivity index is 1.48. The first-order chi connectivity index (χ1) is 16.9. The molecule has 1 amide bonds. The van der Waals surface area contributed by atoms with Crippen LogP contribution in [0.1, 0.15) is 55.6 Å². The third-order valence-corrected chi connectivity index (χ3v) is 7.17. The summed E-state index contributed by atoms with van der Waals surface area (Å²) >= 11 is 0. The maximum Gasteiger partial charge on any atom is 0.262 e. The average molecular weight is 471 g/mol. The van der Waals surface area contributed by atoms with Gasteiger partial charge >= 0.3 is 0 Å². The van der Waals surface area contributed by atoms with E-state index in [2.05, 4.69) is 10.2 Å². The summed E-state index contributed by atoms with van der Waals surface area (Å²) in [6, 6.07) is 15.1. The second kappa shape index (κ2) is 9.53. The molecule has 1 N–H and O–H groups in total. The Morgan fingerprint density at radius 3 is 2.14 bits per heavy atom. The van der Waals surface area contributed by atoms with Gasteiger partial charge in [-0.05, 0) is 50.8 Å². The number of carbonyl (C=O) groups excluding carboxylic acids is 3. The van der Waals surface area contributed by atoms with Gasteiger partial charge in [0.1, 0.15) is 5.75 Å². The Morgan fingerprint density at radius 1 is 0.914 bits per heavy atom. The smallest absolute Gasteiger partial charge is 0.262 e. The van der Waals surface area contributed by atoms with Gasteiger partial charge in [0, 0.05) is 59.6 Å². The van der Waals surface area contributed by atoms with E-state index in [4.69, 9.17) is 4.74 Å². The normalized spacial score (nSPS) is 18.4. The van der Waals surface area contributed by atoms with Gasteiger partial charge < -0.3 is 15.0 Å². The number of benzene rings is 2. The molecule has 6 heteroatoms. The van der Waals surface area contributed by atoms with Gasteiger partial charge in [0.15, 0.2) is 18.2 Å². The monoisotopic (exact) mass is 470 g/mol. The van der Waals surface area contributed by atoms with Crippen molar-refractivity contribution in [2.45, 2.75) is 51.4 Å². The molecular formula is C29H30N2O4. The highest BCUT2D eigenvalue weighted by molar-refractivity contribution is 6.06. The number of anilines is 1. The van der Waals surface area contributed by atoms with E-state index in [0.29, 0.717) is 35.4 Å². The number of ether oxygens (including phenoxy) is 1. The number of allylic oxidation sites excluding steroid dienone is 4. The second-order valence-corrected chi connectivity index (χ2v) is 9.51. The summed E-state index contributed by atoms with van der Waals surface area (Å²) in [4.78, 5) is 41.1. The molecule has 2 aliphatic carbocycles. The Kier molecular flexibility index (Phi) is 6.29. The predicted molar refractivity (Wildman–Crippen MR) is 134 cm³/mol.